The van der Waals surface area contributed by atoms with E-state index in [-0.39, 0.29) is 12.1 Å². The maximum atomic E-state index is 12.6. The molecule has 1 atom stereocenters. The molecule has 2 heterocycles. The number of hydrogen-bond acceptors (Lipinski definition) is 4. The zero-order chi connectivity index (χ0) is 18.0. The van der Waals surface area contributed by atoms with E-state index in [0.29, 0.717) is 23.5 Å². The maximum absolute atomic E-state index is 12.6. The topological polar surface area (TPSA) is 89.4 Å². The van der Waals surface area contributed by atoms with Crippen LogP contribution >= 0.6 is 0 Å². The van der Waals surface area contributed by atoms with Crippen molar-refractivity contribution in [3.05, 3.63) is 64.1 Å². The predicted octanol–water partition coefficient (Wildman–Crippen LogP) is 1.29. The van der Waals surface area contributed by atoms with Crippen LogP contribution in [0.2, 0.25) is 0 Å². The largest absolute Gasteiger partial charge is 0.494 e. The smallest absolute Gasteiger partial charge is 0.322 e. The minimum absolute atomic E-state index is 0.000924. The van der Waals surface area contributed by atoms with E-state index in [0.717, 1.165) is 0 Å². The lowest BCUT2D eigenvalue weighted by Crippen LogP contribution is -2.49. The Bertz CT molecular complexity index is 873. The van der Waals surface area contributed by atoms with Gasteiger partial charge in [0, 0.05) is 11.8 Å². The molecular formula is C18H19N3O4. The number of pyridine rings is 1. The van der Waals surface area contributed by atoms with Gasteiger partial charge in [-0.15, -0.1) is 0 Å². The lowest BCUT2D eigenvalue weighted by Gasteiger charge is -2.27. The summed E-state index contributed by atoms with van der Waals surface area (Å²) >= 11 is 0. The average Bonchev–Trinajstić information content (AvgIpc) is 2.87. The van der Waals surface area contributed by atoms with Crippen molar-refractivity contribution in [2.24, 2.45) is 0 Å². The fourth-order valence-electron chi connectivity index (χ4n) is 2.94. The van der Waals surface area contributed by atoms with E-state index in [1.54, 1.807) is 49.5 Å². The van der Waals surface area contributed by atoms with E-state index in [1.165, 1.54) is 4.57 Å². The van der Waals surface area contributed by atoms with Crippen molar-refractivity contribution < 1.29 is 14.3 Å². The number of ether oxygens (including phenoxy) is 1. The molecule has 2 aromatic rings. The number of imide groups is 1. The molecule has 0 saturated carbocycles. The summed E-state index contributed by atoms with van der Waals surface area (Å²) in [5.74, 6) is 0.175. The summed E-state index contributed by atoms with van der Waals surface area (Å²) in [6.07, 6.45) is 1.60. The quantitative estimate of drug-likeness (QED) is 0.802. The number of rotatable bonds is 5. The van der Waals surface area contributed by atoms with Crippen LogP contribution in [0, 0.1) is 6.92 Å². The van der Waals surface area contributed by atoms with Gasteiger partial charge in [0.25, 0.3) is 11.5 Å². The Labute approximate surface area is 144 Å². The predicted molar refractivity (Wildman–Crippen MR) is 91.4 cm³/mol. The molecule has 0 bridgehead atoms. The summed E-state index contributed by atoms with van der Waals surface area (Å²) in [6.45, 7) is 4.11. The molecule has 1 aromatic carbocycles. The Morgan fingerprint density at radius 2 is 1.84 bits per heavy atom. The van der Waals surface area contributed by atoms with Crippen LogP contribution in [0.5, 0.6) is 5.75 Å². The first-order chi connectivity index (χ1) is 12.0. The molecule has 1 aromatic heterocycles. The van der Waals surface area contributed by atoms with Gasteiger partial charge in [-0.2, -0.15) is 0 Å². The van der Waals surface area contributed by atoms with Gasteiger partial charge in [-0.1, -0.05) is 18.2 Å². The van der Waals surface area contributed by atoms with Gasteiger partial charge in [-0.05, 0) is 37.6 Å². The molecule has 1 aliphatic heterocycles. The minimum atomic E-state index is -1.35. The van der Waals surface area contributed by atoms with Crippen LogP contribution in [0.25, 0.3) is 0 Å². The lowest BCUT2D eigenvalue weighted by molar-refractivity contribution is -0.124. The number of hydrogen-bond donors (Lipinski definition) is 2. The van der Waals surface area contributed by atoms with Crippen molar-refractivity contribution in [1.29, 1.82) is 0 Å². The summed E-state index contributed by atoms with van der Waals surface area (Å²) in [4.78, 5) is 36.7. The van der Waals surface area contributed by atoms with E-state index in [4.69, 9.17) is 4.74 Å². The molecule has 0 radical (unpaired) electrons. The van der Waals surface area contributed by atoms with Crippen LogP contribution in [-0.2, 0) is 16.9 Å². The normalized spacial score (nSPS) is 19.4. The first-order valence-corrected chi connectivity index (χ1v) is 7.99. The summed E-state index contributed by atoms with van der Waals surface area (Å²) in [6, 6.07) is 9.76. The van der Waals surface area contributed by atoms with Gasteiger partial charge in [0.15, 0.2) is 5.54 Å². The molecule has 1 fully saturated rings. The van der Waals surface area contributed by atoms with Crippen LogP contribution in [0.4, 0.5) is 4.79 Å². The average molecular weight is 341 g/mol. The molecule has 3 amide bonds. The van der Waals surface area contributed by atoms with Crippen molar-refractivity contribution >= 4 is 11.9 Å². The second-order valence-electron chi connectivity index (χ2n) is 5.90. The minimum Gasteiger partial charge on any atom is -0.494 e. The molecule has 2 N–H and O–H groups in total. The van der Waals surface area contributed by atoms with Crippen molar-refractivity contribution in [1.82, 2.24) is 15.2 Å². The summed E-state index contributed by atoms with van der Waals surface area (Å²) in [5.41, 5.74) is -0.414. The Morgan fingerprint density at radius 1 is 1.12 bits per heavy atom. The number of benzene rings is 1. The van der Waals surface area contributed by atoms with Crippen molar-refractivity contribution in [3.8, 4) is 5.75 Å². The van der Waals surface area contributed by atoms with Crippen LogP contribution < -0.4 is 20.9 Å². The van der Waals surface area contributed by atoms with Gasteiger partial charge in [0.05, 0.1) is 13.2 Å². The second kappa shape index (κ2) is 6.43. The zero-order valence-electron chi connectivity index (χ0n) is 14.0. The van der Waals surface area contributed by atoms with Crippen LogP contribution in [0.15, 0.2) is 47.4 Å². The van der Waals surface area contributed by atoms with Gasteiger partial charge in [-0.3, -0.25) is 14.9 Å². The number of urea groups is 1. The third kappa shape index (κ3) is 3.00. The highest BCUT2D eigenvalue weighted by Gasteiger charge is 2.48. The van der Waals surface area contributed by atoms with E-state index < -0.39 is 17.5 Å². The summed E-state index contributed by atoms with van der Waals surface area (Å²) in [5, 5.41) is 4.94. The third-order valence-corrected chi connectivity index (χ3v) is 4.22. The molecule has 0 aliphatic carbocycles. The lowest BCUT2D eigenvalue weighted by atomic mass is 9.89. The highest BCUT2D eigenvalue weighted by Crippen LogP contribution is 2.28. The molecule has 25 heavy (non-hydrogen) atoms. The standard InChI is InChI=1S/C18H19N3O4/c1-3-25-14-8-6-13(7-9-14)18(16(23)19-17(24)20-18)11-21-10-4-5-12(2)15(21)22/h4-10H,3,11H2,1-2H3,(H2,19,20,23,24). The molecule has 1 unspecified atom stereocenters. The SMILES string of the molecule is CCOc1ccc(C2(Cn3cccc(C)c3=O)NC(=O)NC2=O)cc1. The van der Waals surface area contributed by atoms with Crippen molar-refractivity contribution in [3.63, 3.8) is 0 Å². The monoisotopic (exact) mass is 341 g/mol. The van der Waals surface area contributed by atoms with Crippen LogP contribution in [0.1, 0.15) is 18.1 Å². The fraction of sp³-hybridized carbons (Fsp3) is 0.278. The zero-order valence-corrected chi connectivity index (χ0v) is 14.0. The third-order valence-electron chi connectivity index (χ3n) is 4.22. The van der Waals surface area contributed by atoms with Gasteiger partial charge < -0.3 is 14.6 Å². The number of amides is 3. The van der Waals surface area contributed by atoms with E-state index >= 15 is 0 Å². The number of carbonyl (C=O) groups is 2. The Balaban J connectivity index is 2.05. The Morgan fingerprint density at radius 3 is 2.44 bits per heavy atom. The van der Waals surface area contributed by atoms with Crippen LogP contribution in [-0.4, -0.2) is 23.1 Å². The molecule has 1 saturated heterocycles. The fourth-order valence-corrected chi connectivity index (χ4v) is 2.94. The summed E-state index contributed by atoms with van der Waals surface area (Å²) in [7, 11) is 0. The van der Waals surface area contributed by atoms with E-state index in [2.05, 4.69) is 10.6 Å². The van der Waals surface area contributed by atoms with Gasteiger partial charge in [0.1, 0.15) is 5.75 Å². The first kappa shape index (κ1) is 16.8. The molecule has 7 nitrogen and oxygen atoms in total. The van der Waals surface area contributed by atoms with Crippen molar-refractivity contribution in [2.45, 2.75) is 25.9 Å². The van der Waals surface area contributed by atoms with E-state index in [1.807, 2.05) is 6.92 Å². The van der Waals surface area contributed by atoms with Crippen LogP contribution in [0.3, 0.4) is 0 Å². The summed E-state index contributed by atoms with van der Waals surface area (Å²) < 4.78 is 6.84. The van der Waals surface area contributed by atoms with Crippen molar-refractivity contribution in [2.75, 3.05) is 6.61 Å². The number of aromatic nitrogens is 1. The number of nitrogens with one attached hydrogen (secondary N) is 2. The van der Waals surface area contributed by atoms with Gasteiger partial charge in [0.2, 0.25) is 0 Å². The number of nitrogens with zero attached hydrogens (tertiary/aromatic N) is 1. The Hall–Kier alpha value is -3.09. The highest BCUT2D eigenvalue weighted by atomic mass is 16.5. The Kier molecular flexibility index (Phi) is 4.31. The number of carbonyl (C=O) groups excluding carboxylic acids is 2. The van der Waals surface area contributed by atoms with Gasteiger partial charge in [-0.25, -0.2) is 4.79 Å². The molecule has 1 aliphatic rings. The first-order valence-electron chi connectivity index (χ1n) is 7.99. The highest BCUT2D eigenvalue weighted by molar-refractivity contribution is 6.07. The molecular weight excluding hydrogens is 322 g/mol. The maximum Gasteiger partial charge on any atom is 0.322 e. The molecule has 0 spiro atoms. The second-order valence-corrected chi connectivity index (χ2v) is 5.90. The van der Waals surface area contributed by atoms with E-state index in [9.17, 15) is 14.4 Å². The van der Waals surface area contributed by atoms with Gasteiger partial charge >= 0.3 is 6.03 Å². The number of aryl methyl sites for hydroxylation is 1. The molecule has 3 rings (SSSR count). The molecule has 7 heteroatoms. The molecule has 130 valence electrons.